The number of methoxy groups -OCH3 is 1. The second kappa shape index (κ2) is 7.20. The molecule has 0 aliphatic rings. The van der Waals surface area contributed by atoms with Gasteiger partial charge in [-0.25, -0.2) is 4.79 Å². The molecule has 0 aliphatic heterocycles. The quantitative estimate of drug-likeness (QED) is 0.833. The Labute approximate surface area is 130 Å². The number of aliphatic hydroxyl groups excluding tert-OH is 2. The van der Waals surface area contributed by atoms with Gasteiger partial charge in [0.15, 0.2) is 0 Å². The van der Waals surface area contributed by atoms with Crippen molar-refractivity contribution in [3.63, 3.8) is 0 Å². The maximum absolute atomic E-state index is 11.5. The Kier molecular flexibility index (Phi) is 5.31. The number of benzene rings is 2. The number of carbonyl (C=O) groups excluding carboxylic acids is 1. The van der Waals surface area contributed by atoms with E-state index in [4.69, 9.17) is 0 Å². The number of carbonyl (C=O) groups is 1. The van der Waals surface area contributed by atoms with Gasteiger partial charge in [-0.2, -0.15) is 0 Å². The van der Waals surface area contributed by atoms with E-state index in [2.05, 4.69) is 4.74 Å². The van der Waals surface area contributed by atoms with Crippen molar-refractivity contribution in [2.24, 2.45) is 0 Å². The summed E-state index contributed by atoms with van der Waals surface area (Å²) < 4.78 is 4.66. The van der Waals surface area contributed by atoms with E-state index in [-0.39, 0.29) is 6.42 Å². The maximum atomic E-state index is 11.5. The van der Waals surface area contributed by atoms with Gasteiger partial charge in [-0.05, 0) is 30.2 Å². The number of hydrogen-bond acceptors (Lipinski definition) is 4. The van der Waals surface area contributed by atoms with Gasteiger partial charge in [-0.1, -0.05) is 42.0 Å². The Morgan fingerprint density at radius 2 is 1.64 bits per heavy atom. The zero-order valence-electron chi connectivity index (χ0n) is 12.7. The Bertz CT molecular complexity index is 651. The van der Waals surface area contributed by atoms with Crippen LogP contribution in [0.5, 0.6) is 0 Å². The van der Waals surface area contributed by atoms with Crippen LogP contribution in [0.15, 0.2) is 48.5 Å². The number of hydrogen-bond donors (Lipinski definition) is 2. The fourth-order valence-corrected chi connectivity index (χ4v) is 2.35. The first-order valence-corrected chi connectivity index (χ1v) is 7.12. The minimum Gasteiger partial charge on any atom is -0.465 e. The molecule has 2 unspecified atom stereocenters. The fraction of sp³-hybridized carbons (Fsp3) is 0.278. The molecule has 2 N–H and O–H groups in total. The van der Waals surface area contributed by atoms with Crippen LogP contribution in [0.4, 0.5) is 0 Å². The molecular weight excluding hydrogens is 280 g/mol. The predicted octanol–water partition coefficient (Wildman–Crippen LogP) is 2.94. The van der Waals surface area contributed by atoms with Crippen molar-refractivity contribution in [3.05, 3.63) is 70.8 Å². The van der Waals surface area contributed by atoms with Gasteiger partial charge in [-0.3, -0.25) is 0 Å². The Hall–Kier alpha value is -2.17. The summed E-state index contributed by atoms with van der Waals surface area (Å²) in [6.07, 6.45) is -1.47. The molecule has 0 saturated carbocycles. The van der Waals surface area contributed by atoms with Crippen molar-refractivity contribution < 1.29 is 19.7 Å². The third-order valence-electron chi connectivity index (χ3n) is 3.57. The molecule has 2 aromatic rings. The van der Waals surface area contributed by atoms with Gasteiger partial charge in [0, 0.05) is 6.42 Å². The number of esters is 1. The molecule has 0 bridgehead atoms. The summed E-state index contributed by atoms with van der Waals surface area (Å²) in [4.78, 5) is 11.5. The molecular formula is C18H20O4. The molecule has 22 heavy (non-hydrogen) atoms. The summed E-state index contributed by atoms with van der Waals surface area (Å²) in [5, 5.41) is 20.5. The molecule has 2 rings (SSSR count). The monoisotopic (exact) mass is 300 g/mol. The highest BCUT2D eigenvalue weighted by Gasteiger charge is 2.17. The lowest BCUT2D eigenvalue weighted by Gasteiger charge is -2.17. The van der Waals surface area contributed by atoms with Crippen LogP contribution in [0, 0.1) is 6.92 Å². The number of aliphatic hydroxyl groups is 2. The molecule has 2 aromatic carbocycles. The SMILES string of the molecule is COC(=O)c1cccc(C(O)CC(O)c2cccc(C)c2)c1. The Balaban J connectivity index is 2.11. The molecule has 0 aromatic heterocycles. The maximum Gasteiger partial charge on any atom is 0.337 e. The summed E-state index contributed by atoms with van der Waals surface area (Å²) in [5.41, 5.74) is 2.78. The Morgan fingerprint density at radius 3 is 2.23 bits per heavy atom. The standard InChI is InChI=1S/C18H20O4/c1-12-5-3-6-13(9-12)16(19)11-17(20)14-7-4-8-15(10-14)18(21)22-2/h3-10,16-17,19-20H,11H2,1-2H3. The molecule has 0 amide bonds. The van der Waals surface area contributed by atoms with Crippen molar-refractivity contribution in [1.82, 2.24) is 0 Å². The fourth-order valence-electron chi connectivity index (χ4n) is 2.35. The van der Waals surface area contributed by atoms with Crippen molar-refractivity contribution >= 4 is 5.97 Å². The molecule has 116 valence electrons. The van der Waals surface area contributed by atoms with E-state index < -0.39 is 18.2 Å². The van der Waals surface area contributed by atoms with Gasteiger partial charge in [0.25, 0.3) is 0 Å². The lowest BCUT2D eigenvalue weighted by atomic mass is 9.97. The smallest absolute Gasteiger partial charge is 0.337 e. The highest BCUT2D eigenvalue weighted by atomic mass is 16.5. The minimum atomic E-state index is -0.861. The molecule has 4 heteroatoms. The first kappa shape index (κ1) is 16.2. The van der Waals surface area contributed by atoms with E-state index in [0.29, 0.717) is 11.1 Å². The predicted molar refractivity (Wildman–Crippen MR) is 83.5 cm³/mol. The number of rotatable bonds is 5. The first-order chi connectivity index (χ1) is 10.5. The Morgan fingerprint density at radius 1 is 1.05 bits per heavy atom. The summed E-state index contributed by atoms with van der Waals surface area (Å²) in [7, 11) is 1.31. The van der Waals surface area contributed by atoms with Crippen LogP contribution in [-0.4, -0.2) is 23.3 Å². The highest BCUT2D eigenvalue weighted by Crippen LogP contribution is 2.27. The van der Waals surface area contributed by atoms with E-state index in [1.54, 1.807) is 24.3 Å². The van der Waals surface area contributed by atoms with Crippen molar-refractivity contribution in [1.29, 1.82) is 0 Å². The molecule has 0 spiro atoms. The second-order valence-electron chi connectivity index (χ2n) is 5.30. The molecule has 0 radical (unpaired) electrons. The van der Waals surface area contributed by atoms with Crippen molar-refractivity contribution in [2.45, 2.75) is 25.6 Å². The molecule has 0 fully saturated rings. The van der Waals surface area contributed by atoms with E-state index in [1.807, 2.05) is 31.2 Å². The van der Waals surface area contributed by atoms with Crippen LogP contribution in [0.25, 0.3) is 0 Å². The normalized spacial score (nSPS) is 13.5. The summed E-state index contributed by atoms with van der Waals surface area (Å²) >= 11 is 0. The second-order valence-corrected chi connectivity index (χ2v) is 5.30. The average molecular weight is 300 g/mol. The van der Waals surface area contributed by atoms with Crippen LogP contribution in [-0.2, 0) is 4.74 Å². The van der Waals surface area contributed by atoms with E-state index in [0.717, 1.165) is 11.1 Å². The van der Waals surface area contributed by atoms with Crippen LogP contribution in [0.2, 0.25) is 0 Å². The molecule has 0 heterocycles. The van der Waals surface area contributed by atoms with E-state index in [1.165, 1.54) is 7.11 Å². The molecule has 0 aliphatic carbocycles. The topological polar surface area (TPSA) is 66.8 Å². The van der Waals surface area contributed by atoms with Gasteiger partial charge in [0.05, 0.1) is 24.9 Å². The number of aryl methyl sites for hydroxylation is 1. The van der Waals surface area contributed by atoms with Gasteiger partial charge >= 0.3 is 5.97 Å². The lowest BCUT2D eigenvalue weighted by molar-refractivity contribution is 0.0600. The molecule has 2 atom stereocenters. The highest BCUT2D eigenvalue weighted by molar-refractivity contribution is 5.89. The molecule has 0 saturated heterocycles. The summed E-state index contributed by atoms with van der Waals surface area (Å²) in [5.74, 6) is -0.451. The van der Waals surface area contributed by atoms with Gasteiger partial charge < -0.3 is 14.9 Å². The zero-order chi connectivity index (χ0) is 16.1. The van der Waals surface area contributed by atoms with Crippen LogP contribution in [0.1, 0.15) is 45.7 Å². The van der Waals surface area contributed by atoms with Crippen molar-refractivity contribution in [3.8, 4) is 0 Å². The van der Waals surface area contributed by atoms with Gasteiger partial charge in [-0.15, -0.1) is 0 Å². The van der Waals surface area contributed by atoms with Crippen LogP contribution in [0.3, 0.4) is 0 Å². The lowest BCUT2D eigenvalue weighted by Crippen LogP contribution is -2.08. The van der Waals surface area contributed by atoms with Crippen LogP contribution < -0.4 is 0 Å². The largest absolute Gasteiger partial charge is 0.465 e. The third-order valence-corrected chi connectivity index (χ3v) is 3.57. The summed E-state index contributed by atoms with van der Waals surface area (Å²) in [6, 6.07) is 14.2. The van der Waals surface area contributed by atoms with Gasteiger partial charge in [0.1, 0.15) is 0 Å². The van der Waals surface area contributed by atoms with Gasteiger partial charge in [0.2, 0.25) is 0 Å². The average Bonchev–Trinajstić information content (AvgIpc) is 2.54. The van der Waals surface area contributed by atoms with E-state index >= 15 is 0 Å². The third kappa shape index (κ3) is 3.93. The number of ether oxygens (including phenoxy) is 1. The summed E-state index contributed by atoms with van der Waals surface area (Å²) in [6.45, 7) is 1.95. The van der Waals surface area contributed by atoms with Crippen molar-refractivity contribution in [2.75, 3.05) is 7.11 Å². The molecule has 4 nitrogen and oxygen atoms in total. The minimum absolute atomic E-state index is 0.161. The zero-order valence-corrected chi connectivity index (χ0v) is 12.7. The van der Waals surface area contributed by atoms with Crippen LogP contribution >= 0.6 is 0 Å². The first-order valence-electron chi connectivity index (χ1n) is 7.12. The van der Waals surface area contributed by atoms with E-state index in [9.17, 15) is 15.0 Å².